The summed E-state index contributed by atoms with van der Waals surface area (Å²) in [4.78, 5) is 14.4. The average molecular weight is 289 g/mol. The Morgan fingerprint density at radius 3 is 2.81 bits per heavy atom. The van der Waals surface area contributed by atoms with E-state index in [0.717, 1.165) is 37.8 Å². The van der Waals surface area contributed by atoms with Gasteiger partial charge < -0.3 is 14.7 Å². The van der Waals surface area contributed by atoms with E-state index < -0.39 is 6.10 Å². The number of carbonyl (C=O) groups excluding carboxylic acids is 1. The Labute approximate surface area is 125 Å². The molecule has 0 aromatic heterocycles. The number of carbonyl (C=O) groups is 1. The zero-order chi connectivity index (χ0) is 14.7. The molecule has 0 spiro atoms. The molecule has 0 saturated carbocycles. The molecular formula is C17H23NO3. The van der Waals surface area contributed by atoms with Gasteiger partial charge in [0.15, 0.2) is 0 Å². The molecule has 0 radical (unpaired) electrons. The van der Waals surface area contributed by atoms with Crippen molar-refractivity contribution in [2.24, 2.45) is 0 Å². The van der Waals surface area contributed by atoms with Crippen LogP contribution in [0, 0.1) is 0 Å². The van der Waals surface area contributed by atoms with Crippen LogP contribution in [0.2, 0.25) is 0 Å². The second-order valence-corrected chi connectivity index (χ2v) is 5.99. The van der Waals surface area contributed by atoms with Gasteiger partial charge in [-0.25, -0.2) is 0 Å². The van der Waals surface area contributed by atoms with Crippen LogP contribution in [-0.2, 0) is 9.53 Å². The fourth-order valence-corrected chi connectivity index (χ4v) is 3.40. The SMILES string of the molecule is O=C(C1CCCO1)N1CCCC1CC(O)c1ccccc1. The van der Waals surface area contributed by atoms with Crippen molar-refractivity contribution < 1.29 is 14.6 Å². The molecule has 3 atom stereocenters. The topological polar surface area (TPSA) is 49.8 Å². The number of likely N-dealkylation sites (tertiary alicyclic amines) is 1. The van der Waals surface area contributed by atoms with Crippen LogP contribution in [0.5, 0.6) is 0 Å². The van der Waals surface area contributed by atoms with Crippen molar-refractivity contribution >= 4 is 5.91 Å². The smallest absolute Gasteiger partial charge is 0.251 e. The second kappa shape index (κ2) is 6.58. The molecule has 1 amide bonds. The number of benzene rings is 1. The summed E-state index contributed by atoms with van der Waals surface area (Å²) in [5.41, 5.74) is 0.925. The van der Waals surface area contributed by atoms with E-state index >= 15 is 0 Å². The summed E-state index contributed by atoms with van der Waals surface area (Å²) in [6, 6.07) is 9.82. The molecule has 21 heavy (non-hydrogen) atoms. The van der Waals surface area contributed by atoms with Crippen molar-refractivity contribution in [2.75, 3.05) is 13.2 Å². The van der Waals surface area contributed by atoms with Crippen molar-refractivity contribution in [1.29, 1.82) is 0 Å². The molecule has 2 saturated heterocycles. The standard InChI is InChI=1S/C17H23NO3/c19-15(13-6-2-1-3-7-13)12-14-8-4-10-18(14)17(20)16-9-5-11-21-16/h1-3,6-7,14-16,19H,4-5,8-12H2. The van der Waals surface area contributed by atoms with Crippen LogP contribution in [0.15, 0.2) is 30.3 Å². The highest BCUT2D eigenvalue weighted by molar-refractivity contribution is 5.81. The summed E-state index contributed by atoms with van der Waals surface area (Å²) in [7, 11) is 0. The van der Waals surface area contributed by atoms with Gasteiger partial charge in [-0.3, -0.25) is 4.79 Å². The summed E-state index contributed by atoms with van der Waals surface area (Å²) in [6.07, 6.45) is 3.66. The Balaban J connectivity index is 1.62. The largest absolute Gasteiger partial charge is 0.388 e. The van der Waals surface area contributed by atoms with E-state index in [0.29, 0.717) is 13.0 Å². The van der Waals surface area contributed by atoms with Crippen molar-refractivity contribution in [3.8, 4) is 0 Å². The van der Waals surface area contributed by atoms with Crippen LogP contribution in [-0.4, -0.2) is 41.2 Å². The van der Waals surface area contributed by atoms with Gasteiger partial charge in [0.25, 0.3) is 5.91 Å². The van der Waals surface area contributed by atoms with Gasteiger partial charge in [0.05, 0.1) is 6.10 Å². The van der Waals surface area contributed by atoms with E-state index in [1.165, 1.54) is 0 Å². The molecule has 4 heteroatoms. The normalized spacial score (nSPS) is 27.0. The van der Waals surface area contributed by atoms with E-state index in [4.69, 9.17) is 4.74 Å². The van der Waals surface area contributed by atoms with Gasteiger partial charge in [-0.05, 0) is 37.7 Å². The third kappa shape index (κ3) is 3.27. The van der Waals surface area contributed by atoms with Gasteiger partial charge in [-0.2, -0.15) is 0 Å². The minimum absolute atomic E-state index is 0.121. The van der Waals surface area contributed by atoms with Crippen molar-refractivity contribution in [3.63, 3.8) is 0 Å². The minimum Gasteiger partial charge on any atom is -0.388 e. The molecule has 2 heterocycles. The third-order valence-corrected chi connectivity index (χ3v) is 4.55. The number of hydrogen-bond donors (Lipinski definition) is 1. The Morgan fingerprint density at radius 1 is 1.29 bits per heavy atom. The molecule has 0 aliphatic carbocycles. The number of aliphatic hydroxyl groups is 1. The highest BCUT2D eigenvalue weighted by atomic mass is 16.5. The van der Waals surface area contributed by atoms with E-state index in [9.17, 15) is 9.90 Å². The first-order valence-electron chi connectivity index (χ1n) is 7.91. The summed E-state index contributed by atoms with van der Waals surface area (Å²) in [6.45, 7) is 1.49. The summed E-state index contributed by atoms with van der Waals surface area (Å²) in [5, 5.41) is 10.4. The highest BCUT2D eigenvalue weighted by Crippen LogP contribution is 2.29. The van der Waals surface area contributed by atoms with Crippen molar-refractivity contribution in [3.05, 3.63) is 35.9 Å². The summed E-state index contributed by atoms with van der Waals surface area (Å²) >= 11 is 0. The fraction of sp³-hybridized carbons (Fsp3) is 0.588. The predicted molar refractivity (Wildman–Crippen MR) is 79.7 cm³/mol. The van der Waals surface area contributed by atoms with Crippen LogP contribution < -0.4 is 0 Å². The maximum absolute atomic E-state index is 12.5. The number of ether oxygens (including phenoxy) is 1. The van der Waals surface area contributed by atoms with Gasteiger partial charge in [0, 0.05) is 19.2 Å². The molecule has 1 aromatic carbocycles. The molecule has 2 fully saturated rings. The van der Waals surface area contributed by atoms with Gasteiger partial charge in [-0.15, -0.1) is 0 Å². The predicted octanol–water partition coefficient (Wildman–Crippen LogP) is 2.28. The average Bonchev–Trinajstić information content (AvgIpc) is 3.19. The number of rotatable bonds is 4. The number of aliphatic hydroxyl groups excluding tert-OH is 1. The molecule has 1 N–H and O–H groups in total. The van der Waals surface area contributed by atoms with Crippen LogP contribution in [0.4, 0.5) is 0 Å². The molecule has 2 aliphatic rings. The third-order valence-electron chi connectivity index (χ3n) is 4.55. The van der Waals surface area contributed by atoms with Crippen LogP contribution in [0.25, 0.3) is 0 Å². The Bertz CT molecular complexity index is 470. The van der Waals surface area contributed by atoms with E-state index in [-0.39, 0.29) is 18.1 Å². The molecule has 0 bridgehead atoms. The summed E-state index contributed by atoms with van der Waals surface area (Å²) < 4.78 is 5.51. The van der Waals surface area contributed by atoms with Crippen molar-refractivity contribution in [1.82, 2.24) is 4.90 Å². The van der Waals surface area contributed by atoms with Crippen LogP contribution in [0.3, 0.4) is 0 Å². The lowest BCUT2D eigenvalue weighted by Gasteiger charge is -2.28. The van der Waals surface area contributed by atoms with Crippen LogP contribution in [0.1, 0.15) is 43.8 Å². The zero-order valence-electron chi connectivity index (χ0n) is 12.3. The Morgan fingerprint density at radius 2 is 2.10 bits per heavy atom. The zero-order valence-corrected chi connectivity index (χ0v) is 12.3. The first kappa shape index (κ1) is 14.5. The van der Waals surface area contributed by atoms with Gasteiger partial charge in [0.1, 0.15) is 6.10 Å². The number of nitrogens with zero attached hydrogens (tertiary/aromatic N) is 1. The summed E-state index contributed by atoms with van der Waals surface area (Å²) in [5.74, 6) is 0.121. The minimum atomic E-state index is -0.505. The molecular weight excluding hydrogens is 266 g/mol. The number of hydrogen-bond acceptors (Lipinski definition) is 3. The first-order chi connectivity index (χ1) is 10.3. The second-order valence-electron chi connectivity index (χ2n) is 5.99. The van der Waals surface area contributed by atoms with Gasteiger partial charge in [0.2, 0.25) is 0 Å². The lowest BCUT2D eigenvalue weighted by atomic mass is 10.0. The van der Waals surface area contributed by atoms with Crippen LogP contribution >= 0.6 is 0 Å². The first-order valence-corrected chi connectivity index (χ1v) is 7.91. The molecule has 2 aliphatic heterocycles. The molecule has 3 unspecified atom stereocenters. The maximum Gasteiger partial charge on any atom is 0.251 e. The molecule has 3 rings (SSSR count). The molecule has 4 nitrogen and oxygen atoms in total. The highest BCUT2D eigenvalue weighted by Gasteiger charge is 2.35. The lowest BCUT2D eigenvalue weighted by molar-refractivity contribution is -0.142. The van der Waals surface area contributed by atoms with Crippen molar-refractivity contribution in [2.45, 2.75) is 50.4 Å². The quantitative estimate of drug-likeness (QED) is 0.925. The van der Waals surface area contributed by atoms with Gasteiger partial charge in [-0.1, -0.05) is 30.3 Å². The fourth-order valence-electron chi connectivity index (χ4n) is 3.40. The Hall–Kier alpha value is -1.39. The lowest BCUT2D eigenvalue weighted by Crippen LogP contribution is -2.42. The van der Waals surface area contributed by atoms with E-state index in [2.05, 4.69) is 0 Å². The van der Waals surface area contributed by atoms with Gasteiger partial charge >= 0.3 is 0 Å². The molecule has 1 aromatic rings. The number of amides is 1. The van der Waals surface area contributed by atoms with E-state index in [1.807, 2.05) is 35.2 Å². The Kier molecular flexibility index (Phi) is 4.56. The van der Waals surface area contributed by atoms with E-state index in [1.54, 1.807) is 0 Å². The maximum atomic E-state index is 12.5. The molecule has 114 valence electrons. The monoisotopic (exact) mass is 289 g/mol.